The molecule has 7 nitrogen and oxygen atoms in total. The van der Waals surface area contributed by atoms with Gasteiger partial charge in [-0.1, -0.05) is 0 Å². The summed E-state index contributed by atoms with van der Waals surface area (Å²) in [5, 5.41) is 12.0. The maximum atomic E-state index is 9.08. The number of aliphatic hydroxyl groups excluding tert-OH is 1. The van der Waals surface area contributed by atoms with Gasteiger partial charge < -0.3 is 20.1 Å². The molecule has 1 unspecified atom stereocenters. The van der Waals surface area contributed by atoms with E-state index < -0.39 is 0 Å². The van der Waals surface area contributed by atoms with Gasteiger partial charge in [0.15, 0.2) is 0 Å². The third-order valence-electron chi connectivity index (χ3n) is 3.44. The second-order valence-corrected chi connectivity index (χ2v) is 4.89. The molecule has 1 aliphatic heterocycles. The van der Waals surface area contributed by atoms with Crippen LogP contribution in [0, 0.1) is 5.92 Å². The molecule has 0 aromatic carbocycles. The molecule has 1 saturated heterocycles. The van der Waals surface area contributed by atoms with Crippen LogP contribution >= 0.6 is 0 Å². The van der Waals surface area contributed by atoms with Gasteiger partial charge in [0.2, 0.25) is 11.9 Å². The molecule has 2 N–H and O–H groups in total. The monoisotopic (exact) mass is 281 g/mol. The zero-order valence-corrected chi connectivity index (χ0v) is 12.2. The molecular formula is C13H23N5O2. The Kier molecular flexibility index (Phi) is 5.34. The molecular weight excluding hydrogens is 258 g/mol. The predicted octanol–water partition coefficient (Wildman–Crippen LogP) is 0.911. The first-order valence-electron chi connectivity index (χ1n) is 7.19. The number of hydrogen-bond acceptors (Lipinski definition) is 7. The summed E-state index contributed by atoms with van der Waals surface area (Å²) in [4.78, 5) is 15.1. The summed E-state index contributed by atoms with van der Waals surface area (Å²) in [6.07, 6.45) is 3.08. The first-order chi connectivity index (χ1) is 9.76. The molecule has 0 bridgehead atoms. The van der Waals surface area contributed by atoms with E-state index in [4.69, 9.17) is 9.84 Å². The summed E-state index contributed by atoms with van der Waals surface area (Å²) in [7, 11) is 1.78. The molecule has 7 heteroatoms. The molecule has 1 atom stereocenters. The zero-order chi connectivity index (χ0) is 14.4. The average Bonchev–Trinajstić information content (AvgIpc) is 2.48. The van der Waals surface area contributed by atoms with Crippen molar-refractivity contribution in [3.8, 4) is 6.01 Å². The maximum Gasteiger partial charge on any atom is 0.323 e. The number of nitrogens with zero attached hydrogens (tertiary/aromatic N) is 4. The average molecular weight is 281 g/mol. The highest BCUT2D eigenvalue weighted by Gasteiger charge is 2.22. The van der Waals surface area contributed by atoms with Gasteiger partial charge >= 0.3 is 6.01 Å². The first kappa shape index (κ1) is 14.8. The normalized spacial score (nSPS) is 18.9. The summed E-state index contributed by atoms with van der Waals surface area (Å²) in [6, 6.07) is 0.353. The third-order valence-corrected chi connectivity index (χ3v) is 3.44. The van der Waals surface area contributed by atoms with Crippen LogP contribution in [0.25, 0.3) is 0 Å². The molecule has 2 heterocycles. The largest absolute Gasteiger partial charge is 0.464 e. The van der Waals surface area contributed by atoms with E-state index in [0.29, 0.717) is 30.4 Å². The minimum absolute atomic E-state index is 0.238. The lowest BCUT2D eigenvalue weighted by Gasteiger charge is -2.32. The topological polar surface area (TPSA) is 83.4 Å². The van der Waals surface area contributed by atoms with Crippen LogP contribution in [0.5, 0.6) is 6.01 Å². The van der Waals surface area contributed by atoms with Crippen LogP contribution in [0.2, 0.25) is 0 Å². The molecule has 0 aliphatic carbocycles. The van der Waals surface area contributed by atoms with Crippen LogP contribution in [0.1, 0.15) is 26.2 Å². The summed E-state index contributed by atoms with van der Waals surface area (Å²) in [5.74, 6) is 1.66. The van der Waals surface area contributed by atoms with Crippen molar-refractivity contribution < 1.29 is 9.84 Å². The molecule has 0 spiro atoms. The Balaban J connectivity index is 2.15. The highest BCUT2D eigenvalue weighted by atomic mass is 16.5. The van der Waals surface area contributed by atoms with Gasteiger partial charge in [-0.05, 0) is 32.1 Å². The highest BCUT2D eigenvalue weighted by molar-refractivity contribution is 5.38. The van der Waals surface area contributed by atoms with Gasteiger partial charge in [-0.15, -0.1) is 0 Å². The minimum Gasteiger partial charge on any atom is -0.464 e. The molecule has 0 radical (unpaired) electrons. The molecule has 0 amide bonds. The number of anilines is 2. The Labute approximate surface area is 119 Å². The van der Waals surface area contributed by atoms with E-state index in [2.05, 4.69) is 25.2 Å². The van der Waals surface area contributed by atoms with Crippen LogP contribution in [-0.2, 0) is 0 Å². The Hall–Kier alpha value is -1.63. The fourth-order valence-corrected chi connectivity index (χ4v) is 2.46. The molecule has 1 fully saturated rings. The first-order valence-corrected chi connectivity index (χ1v) is 7.19. The van der Waals surface area contributed by atoms with E-state index in [1.54, 1.807) is 7.05 Å². The predicted molar refractivity (Wildman–Crippen MR) is 77.2 cm³/mol. The van der Waals surface area contributed by atoms with Gasteiger partial charge in [0.25, 0.3) is 0 Å². The Morgan fingerprint density at radius 2 is 2.25 bits per heavy atom. The lowest BCUT2D eigenvalue weighted by molar-refractivity contribution is 0.243. The van der Waals surface area contributed by atoms with Crippen molar-refractivity contribution in [2.45, 2.75) is 26.2 Å². The number of ether oxygens (including phenoxy) is 1. The van der Waals surface area contributed by atoms with E-state index in [9.17, 15) is 0 Å². The van der Waals surface area contributed by atoms with Gasteiger partial charge in [0, 0.05) is 26.7 Å². The summed E-state index contributed by atoms with van der Waals surface area (Å²) in [6.45, 7) is 4.47. The van der Waals surface area contributed by atoms with Crippen molar-refractivity contribution in [1.29, 1.82) is 0 Å². The van der Waals surface area contributed by atoms with Crippen LogP contribution < -0.4 is 15.0 Å². The van der Waals surface area contributed by atoms with Gasteiger partial charge in [-0.2, -0.15) is 15.0 Å². The fraction of sp³-hybridized carbons (Fsp3) is 0.769. The summed E-state index contributed by atoms with van der Waals surface area (Å²) in [5.41, 5.74) is 0. The highest BCUT2D eigenvalue weighted by Crippen LogP contribution is 2.24. The quantitative estimate of drug-likeness (QED) is 0.802. The van der Waals surface area contributed by atoms with E-state index in [-0.39, 0.29) is 6.61 Å². The number of piperidine rings is 1. The number of nitrogens with one attached hydrogen (secondary N) is 1. The number of aliphatic hydroxyl groups is 1. The second-order valence-electron chi connectivity index (χ2n) is 4.89. The van der Waals surface area contributed by atoms with Crippen molar-refractivity contribution in [3.05, 3.63) is 0 Å². The molecule has 1 aliphatic rings. The number of rotatable bonds is 6. The van der Waals surface area contributed by atoms with Gasteiger partial charge in [-0.3, -0.25) is 0 Å². The summed E-state index contributed by atoms with van der Waals surface area (Å²) < 4.78 is 5.39. The SMILES string of the molecule is CCOc1nc(NC)nc(N2CCCC(CCO)C2)n1. The van der Waals surface area contributed by atoms with Crippen molar-refractivity contribution in [3.63, 3.8) is 0 Å². The summed E-state index contributed by atoms with van der Waals surface area (Å²) >= 11 is 0. The van der Waals surface area contributed by atoms with Crippen molar-refractivity contribution in [2.24, 2.45) is 5.92 Å². The second kappa shape index (κ2) is 7.23. The number of hydrogen-bond donors (Lipinski definition) is 2. The van der Waals surface area contributed by atoms with E-state index in [1.165, 1.54) is 0 Å². The van der Waals surface area contributed by atoms with Crippen molar-refractivity contribution >= 4 is 11.9 Å². The molecule has 0 saturated carbocycles. The Morgan fingerprint density at radius 1 is 1.40 bits per heavy atom. The minimum atomic E-state index is 0.238. The van der Waals surface area contributed by atoms with Crippen LogP contribution in [0.4, 0.5) is 11.9 Å². The Morgan fingerprint density at radius 3 is 2.95 bits per heavy atom. The standard InChI is InChI=1S/C13H23N5O2/c1-3-20-13-16-11(14-2)15-12(17-13)18-7-4-5-10(9-18)6-8-19/h10,19H,3-9H2,1-2H3,(H,14,15,16,17). The van der Waals surface area contributed by atoms with E-state index in [1.807, 2.05) is 6.92 Å². The Bertz CT molecular complexity index is 427. The molecule has 2 rings (SSSR count). The zero-order valence-electron chi connectivity index (χ0n) is 12.2. The van der Waals surface area contributed by atoms with E-state index in [0.717, 1.165) is 32.4 Å². The lowest BCUT2D eigenvalue weighted by atomic mass is 9.95. The van der Waals surface area contributed by atoms with Crippen molar-refractivity contribution in [2.75, 3.05) is 43.6 Å². The van der Waals surface area contributed by atoms with Crippen molar-refractivity contribution in [1.82, 2.24) is 15.0 Å². The molecule has 20 heavy (non-hydrogen) atoms. The van der Waals surface area contributed by atoms with Crippen LogP contribution in [0.15, 0.2) is 0 Å². The smallest absolute Gasteiger partial charge is 0.323 e. The molecule has 1 aromatic heterocycles. The fourth-order valence-electron chi connectivity index (χ4n) is 2.46. The van der Waals surface area contributed by atoms with Gasteiger partial charge in [0.1, 0.15) is 0 Å². The van der Waals surface area contributed by atoms with Crippen LogP contribution in [0.3, 0.4) is 0 Å². The van der Waals surface area contributed by atoms with Gasteiger partial charge in [0.05, 0.1) is 6.61 Å². The third kappa shape index (κ3) is 3.69. The van der Waals surface area contributed by atoms with E-state index >= 15 is 0 Å². The molecule has 1 aromatic rings. The lowest BCUT2D eigenvalue weighted by Crippen LogP contribution is -2.37. The van der Waals surface area contributed by atoms with Crippen LogP contribution in [-0.4, -0.2) is 53.4 Å². The number of aromatic nitrogens is 3. The maximum absolute atomic E-state index is 9.08. The molecule has 112 valence electrons. The van der Waals surface area contributed by atoms with Gasteiger partial charge in [-0.25, -0.2) is 0 Å².